The summed E-state index contributed by atoms with van der Waals surface area (Å²) in [5.41, 5.74) is 2.87. The average molecular weight is 254 g/mol. The van der Waals surface area contributed by atoms with Crippen molar-refractivity contribution < 1.29 is 0 Å². The van der Waals surface area contributed by atoms with Crippen LogP contribution >= 0.6 is 0 Å². The minimum absolute atomic E-state index is 0.443. The van der Waals surface area contributed by atoms with Gasteiger partial charge in [0.1, 0.15) is 0 Å². The van der Waals surface area contributed by atoms with Crippen LogP contribution in [-0.2, 0) is 6.54 Å². The maximum atomic E-state index is 4.36. The highest BCUT2D eigenvalue weighted by Gasteiger charge is 2.33. The van der Waals surface area contributed by atoms with Gasteiger partial charge < -0.3 is 5.32 Å². The normalized spacial score (nSPS) is 21.9. The van der Waals surface area contributed by atoms with Gasteiger partial charge in [-0.1, -0.05) is 32.4 Å². The first-order chi connectivity index (χ1) is 9.15. The van der Waals surface area contributed by atoms with Crippen molar-refractivity contribution in [1.29, 1.82) is 0 Å². The number of fused-ring (bicyclic) bond motifs is 1. The summed E-state index contributed by atoms with van der Waals surface area (Å²) < 4.78 is 0. The first-order valence-electron chi connectivity index (χ1n) is 7.22. The molecule has 1 aliphatic rings. The molecular weight excluding hydrogens is 232 g/mol. The summed E-state index contributed by atoms with van der Waals surface area (Å²) in [5.74, 6) is 0. The van der Waals surface area contributed by atoms with Crippen LogP contribution in [0, 0.1) is 5.41 Å². The van der Waals surface area contributed by atoms with Gasteiger partial charge in [-0.3, -0.25) is 4.98 Å². The van der Waals surface area contributed by atoms with Crippen LogP contribution in [0.15, 0.2) is 36.5 Å². The van der Waals surface area contributed by atoms with Gasteiger partial charge >= 0.3 is 0 Å². The molecule has 0 radical (unpaired) electrons. The van der Waals surface area contributed by atoms with Crippen LogP contribution in [0.2, 0.25) is 0 Å². The van der Waals surface area contributed by atoms with Crippen LogP contribution < -0.4 is 5.32 Å². The minimum atomic E-state index is 0.443. The fourth-order valence-corrected chi connectivity index (χ4v) is 3.18. The van der Waals surface area contributed by atoms with Crippen LogP contribution in [0.25, 0.3) is 10.9 Å². The van der Waals surface area contributed by atoms with Gasteiger partial charge in [-0.15, -0.1) is 0 Å². The van der Waals surface area contributed by atoms with E-state index in [4.69, 9.17) is 0 Å². The number of hydrogen-bond donors (Lipinski definition) is 1. The van der Waals surface area contributed by atoms with Crippen molar-refractivity contribution in [2.45, 2.75) is 45.7 Å². The van der Waals surface area contributed by atoms with E-state index in [1.54, 1.807) is 0 Å². The van der Waals surface area contributed by atoms with E-state index < -0.39 is 0 Å². The molecule has 2 nitrogen and oxygen atoms in total. The highest BCUT2D eigenvalue weighted by molar-refractivity contribution is 5.78. The molecule has 0 amide bonds. The lowest BCUT2D eigenvalue weighted by Crippen LogP contribution is -2.37. The smallest absolute Gasteiger partial charge is 0.0702 e. The van der Waals surface area contributed by atoms with E-state index in [0.29, 0.717) is 11.5 Å². The summed E-state index contributed by atoms with van der Waals surface area (Å²) in [5, 5.41) is 4.96. The van der Waals surface area contributed by atoms with Gasteiger partial charge in [0.05, 0.1) is 5.52 Å². The van der Waals surface area contributed by atoms with Crippen molar-refractivity contribution in [2.75, 3.05) is 0 Å². The molecule has 2 aromatic rings. The maximum Gasteiger partial charge on any atom is 0.0702 e. The molecule has 2 heteroatoms. The second-order valence-corrected chi connectivity index (χ2v) is 6.34. The van der Waals surface area contributed by atoms with Crippen LogP contribution in [0.1, 0.15) is 38.7 Å². The van der Waals surface area contributed by atoms with Crippen LogP contribution in [0.4, 0.5) is 0 Å². The molecular formula is C17H22N2. The second-order valence-electron chi connectivity index (χ2n) is 6.34. The topological polar surface area (TPSA) is 24.9 Å². The number of aromatic nitrogens is 1. The van der Waals surface area contributed by atoms with E-state index in [1.807, 2.05) is 12.3 Å². The molecule has 1 atom stereocenters. The first kappa shape index (κ1) is 12.6. The molecule has 0 saturated heterocycles. The lowest BCUT2D eigenvalue weighted by atomic mass is 9.87. The Morgan fingerprint density at radius 1 is 1.32 bits per heavy atom. The van der Waals surface area contributed by atoms with Gasteiger partial charge in [0.2, 0.25) is 0 Å². The van der Waals surface area contributed by atoms with E-state index in [0.717, 1.165) is 12.1 Å². The molecule has 1 saturated carbocycles. The molecule has 1 aliphatic carbocycles. The Morgan fingerprint density at radius 2 is 2.21 bits per heavy atom. The minimum Gasteiger partial charge on any atom is -0.309 e. The molecule has 0 aliphatic heterocycles. The number of pyridine rings is 1. The lowest BCUT2D eigenvalue weighted by Gasteiger charge is -2.28. The largest absolute Gasteiger partial charge is 0.309 e. The van der Waals surface area contributed by atoms with Gasteiger partial charge in [0.25, 0.3) is 0 Å². The second kappa shape index (κ2) is 4.93. The molecule has 3 rings (SSSR count). The molecule has 0 spiro atoms. The summed E-state index contributed by atoms with van der Waals surface area (Å²) >= 11 is 0. The Morgan fingerprint density at radius 3 is 3.00 bits per heavy atom. The third kappa shape index (κ3) is 2.64. The van der Waals surface area contributed by atoms with E-state index in [1.165, 1.54) is 30.2 Å². The Balaban J connectivity index is 1.72. The van der Waals surface area contributed by atoms with Crippen molar-refractivity contribution in [1.82, 2.24) is 10.3 Å². The van der Waals surface area contributed by atoms with Crippen LogP contribution in [-0.4, -0.2) is 11.0 Å². The Bertz CT molecular complexity index is 574. The van der Waals surface area contributed by atoms with Gasteiger partial charge in [0.15, 0.2) is 0 Å². The third-order valence-electron chi connectivity index (χ3n) is 4.48. The van der Waals surface area contributed by atoms with E-state index in [9.17, 15) is 0 Å². The number of rotatable bonds is 3. The Labute approximate surface area is 115 Å². The zero-order chi connectivity index (χ0) is 13.3. The predicted molar refractivity (Wildman–Crippen MR) is 80.0 cm³/mol. The highest BCUT2D eigenvalue weighted by atomic mass is 14.9. The van der Waals surface area contributed by atoms with Crippen LogP contribution in [0.5, 0.6) is 0 Å². The zero-order valence-electron chi connectivity index (χ0n) is 11.8. The molecule has 1 aromatic carbocycles. The molecule has 1 heterocycles. The van der Waals surface area contributed by atoms with E-state index in [-0.39, 0.29) is 0 Å². The maximum absolute atomic E-state index is 4.36. The van der Waals surface area contributed by atoms with Crippen molar-refractivity contribution in [3.63, 3.8) is 0 Å². The molecule has 0 bridgehead atoms. The standard InChI is InChI=1S/C17H22N2/c1-17(2)9-3-6-16(17)19-12-13-7-8-15-14(11-13)5-4-10-18-15/h4-5,7-8,10-11,16,19H,3,6,9,12H2,1-2H3. The van der Waals surface area contributed by atoms with Gasteiger partial charge in [-0.2, -0.15) is 0 Å². The van der Waals surface area contributed by atoms with Crippen molar-refractivity contribution in [3.05, 3.63) is 42.1 Å². The zero-order valence-corrected chi connectivity index (χ0v) is 11.8. The molecule has 1 fully saturated rings. The van der Waals surface area contributed by atoms with Gasteiger partial charge in [0, 0.05) is 24.2 Å². The molecule has 100 valence electrons. The third-order valence-corrected chi connectivity index (χ3v) is 4.48. The van der Waals surface area contributed by atoms with Crippen molar-refractivity contribution in [2.24, 2.45) is 5.41 Å². The highest BCUT2D eigenvalue weighted by Crippen LogP contribution is 2.37. The van der Waals surface area contributed by atoms with Crippen LogP contribution in [0.3, 0.4) is 0 Å². The quantitative estimate of drug-likeness (QED) is 0.898. The lowest BCUT2D eigenvalue weighted by molar-refractivity contribution is 0.282. The molecule has 1 unspecified atom stereocenters. The van der Waals surface area contributed by atoms with Crippen molar-refractivity contribution in [3.8, 4) is 0 Å². The summed E-state index contributed by atoms with van der Waals surface area (Å²) in [6, 6.07) is 11.3. The van der Waals surface area contributed by atoms with E-state index in [2.05, 4.69) is 48.4 Å². The van der Waals surface area contributed by atoms with Crippen molar-refractivity contribution >= 4 is 10.9 Å². The summed E-state index contributed by atoms with van der Waals surface area (Å²) in [6.45, 7) is 5.71. The SMILES string of the molecule is CC1(C)CCCC1NCc1ccc2ncccc2c1. The number of hydrogen-bond acceptors (Lipinski definition) is 2. The average Bonchev–Trinajstić information content (AvgIpc) is 2.75. The van der Waals surface area contributed by atoms with Gasteiger partial charge in [-0.25, -0.2) is 0 Å². The summed E-state index contributed by atoms with van der Waals surface area (Å²) in [7, 11) is 0. The van der Waals surface area contributed by atoms with E-state index >= 15 is 0 Å². The molecule has 1 N–H and O–H groups in total. The fraction of sp³-hybridized carbons (Fsp3) is 0.471. The number of benzene rings is 1. The molecule has 19 heavy (non-hydrogen) atoms. The summed E-state index contributed by atoms with van der Waals surface area (Å²) in [6.07, 6.45) is 5.85. The summed E-state index contributed by atoms with van der Waals surface area (Å²) in [4.78, 5) is 4.36. The van der Waals surface area contributed by atoms with Gasteiger partial charge in [-0.05, 0) is 42.0 Å². The number of nitrogens with zero attached hydrogens (tertiary/aromatic N) is 1. The predicted octanol–water partition coefficient (Wildman–Crippen LogP) is 3.90. The Hall–Kier alpha value is -1.41. The fourth-order valence-electron chi connectivity index (χ4n) is 3.18. The first-order valence-corrected chi connectivity index (χ1v) is 7.22. The Kier molecular flexibility index (Phi) is 3.28. The monoisotopic (exact) mass is 254 g/mol. The molecule has 1 aromatic heterocycles. The number of nitrogens with one attached hydrogen (secondary N) is 1.